The number of fused-ring (bicyclic) bond motifs is 3. The Morgan fingerprint density at radius 2 is 1.96 bits per heavy atom. The number of amides is 1. The van der Waals surface area contributed by atoms with Gasteiger partial charge in [-0.05, 0) is 38.0 Å². The molecule has 0 aliphatic heterocycles. The molecule has 1 amide bonds. The molecule has 0 N–H and O–H groups in total. The number of rotatable bonds is 1. The first-order chi connectivity index (χ1) is 12.0. The smallest absolute Gasteiger partial charge is 0.414 e. The largest absolute Gasteiger partial charge is 0.443 e. The van der Waals surface area contributed by atoms with Crippen molar-refractivity contribution in [2.24, 2.45) is 0 Å². The first-order valence-electron chi connectivity index (χ1n) is 7.82. The van der Waals surface area contributed by atoms with Gasteiger partial charge in [-0.1, -0.05) is 23.2 Å². The molecule has 0 fully saturated rings. The van der Waals surface area contributed by atoms with Gasteiger partial charge >= 0.3 is 6.09 Å². The fourth-order valence-corrected chi connectivity index (χ4v) is 3.30. The van der Waals surface area contributed by atoms with Crippen LogP contribution in [0, 0.1) is 11.6 Å². The number of pyridine rings is 1. The summed E-state index contributed by atoms with van der Waals surface area (Å²) in [5.41, 5.74) is 0.789. The zero-order chi connectivity index (χ0) is 19.4. The fraction of sp³-hybridized carbons (Fsp3) is 0.333. The van der Waals surface area contributed by atoms with Crippen LogP contribution < -0.4 is 4.90 Å². The van der Waals surface area contributed by atoms with Crippen molar-refractivity contribution in [1.29, 1.82) is 0 Å². The Bertz CT molecular complexity index is 927. The fourth-order valence-electron chi connectivity index (χ4n) is 2.90. The van der Waals surface area contributed by atoms with Crippen LogP contribution in [0.4, 0.5) is 19.3 Å². The van der Waals surface area contributed by atoms with E-state index >= 15 is 0 Å². The van der Waals surface area contributed by atoms with E-state index < -0.39 is 23.3 Å². The van der Waals surface area contributed by atoms with Gasteiger partial charge in [-0.25, -0.2) is 13.6 Å². The molecule has 0 atom stereocenters. The molecule has 1 aliphatic carbocycles. The van der Waals surface area contributed by atoms with Crippen molar-refractivity contribution in [1.82, 2.24) is 4.98 Å². The van der Waals surface area contributed by atoms with Crippen LogP contribution in [0.3, 0.4) is 0 Å². The molecule has 1 aliphatic rings. The van der Waals surface area contributed by atoms with E-state index in [4.69, 9.17) is 27.9 Å². The standard InChI is InChI=1S/C18H16Cl2F2N2O2/c1-18(2,3)26-17(25)24(4)16-9-6-12-13(14(20)10(19)7-23-12)8(9)5-11(21)15(16)22/h5,7H,6H2,1-4H3. The summed E-state index contributed by atoms with van der Waals surface area (Å²) in [5, 5.41) is 0.428. The van der Waals surface area contributed by atoms with E-state index in [1.54, 1.807) is 20.8 Å². The maximum absolute atomic E-state index is 14.6. The number of ether oxygens (including phenoxy) is 1. The lowest BCUT2D eigenvalue weighted by molar-refractivity contribution is 0.0588. The number of carbonyl (C=O) groups is 1. The van der Waals surface area contributed by atoms with Gasteiger partial charge < -0.3 is 4.74 Å². The minimum absolute atomic E-state index is 0.195. The Hall–Kier alpha value is -1.92. The number of hydrogen-bond acceptors (Lipinski definition) is 3. The predicted octanol–water partition coefficient (Wildman–Crippen LogP) is 5.61. The highest BCUT2D eigenvalue weighted by atomic mass is 35.5. The molecule has 0 bridgehead atoms. The Balaban J connectivity index is 2.16. The molecule has 0 saturated heterocycles. The number of nitrogens with zero attached hydrogens (tertiary/aromatic N) is 2. The SMILES string of the molecule is CN(C(=O)OC(C)(C)C)c1c(F)c(F)cc2c1Cc1ncc(Cl)c(Cl)c1-2. The van der Waals surface area contributed by atoms with Crippen LogP contribution in [0.2, 0.25) is 10.0 Å². The van der Waals surface area contributed by atoms with E-state index in [2.05, 4.69) is 4.98 Å². The highest BCUT2D eigenvalue weighted by molar-refractivity contribution is 6.43. The van der Waals surface area contributed by atoms with Crippen molar-refractivity contribution in [3.8, 4) is 11.1 Å². The van der Waals surface area contributed by atoms with Gasteiger partial charge in [0.1, 0.15) is 5.60 Å². The molecule has 1 aromatic heterocycles. The van der Waals surface area contributed by atoms with E-state index in [0.29, 0.717) is 22.4 Å². The van der Waals surface area contributed by atoms with E-state index in [0.717, 1.165) is 11.0 Å². The molecule has 138 valence electrons. The molecule has 0 radical (unpaired) electrons. The van der Waals surface area contributed by atoms with Crippen molar-refractivity contribution in [2.45, 2.75) is 32.8 Å². The molecule has 3 rings (SSSR count). The lowest BCUT2D eigenvalue weighted by atomic mass is 10.0. The number of aromatic nitrogens is 1. The van der Waals surface area contributed by atoms with Gasteiger partial charge in [0.25, 0.3) is 0 Å². The lowest BCUT2D eigenvalue weighted by Gasteiger charge is -2.26. The average Bonchev–Trinajstić information content (AvgIpc) is 2.88. The zero-order valence-electron chi connectivity index (χ0n) is 14.6. The summed E-state index contributed by atoms with van der Waals surface area (Å²) >= 11 is 12.3. The molecule has 26 heavy (non-hydrogen) atoms. The van der Waals surface area contributed by atoms with Crippen LogP contribution in [0.5, 0.6) is 0 Å². The van der Waals surface area contributed by atoms with Crippen molar-refractivity contribution >= 4 is 35.0 Å². The molecule has 2 aromatic rings. The lowest BCUT2D eigenvalue weighted by Crippen LogP contribution is -2.35. The quantitative estimate of drug-likeness (QED) is 0.533. The summed E-state index contributed by atoms with van der Waals surface area (Å²) < 4.78 is 34.1. The summed E-state index contributed by atoms with van der Waals surface area (Å²) in [7, 11) is 1.33. The van der Waals surface area contributed by atoms with Crippen molar-refractivity contribution in [3.63, 3.8) is 0 Å². The van der Waals surface area contributed by atoms with E-state index in [1.165, 1.54) is 13.2 Å². The van der Waals surface area contributed by atoms with E-state index in [-0.39, 0.29) is 22.2 Å². The Kier molecular flexibility index (Phi) is 4.61. The minimum atomic E-state index is -1.13. The van der Waals surface area contributed by atoms with Crippen LogP contribution in [0.1, 0.15) is 32.0 Å². The monoisotopic (exact) mass is 400 g/mol. The maximum atomic E-state index is 14.6. The highest BCUT2D eigenvalue weighted by Gasteiger charge is 2.33. The summed E-state index contributed by atoms with van der Waals surface area (Å²) in [6.45, 7) is 5.06. The Morgan fingerprint density at radius 1 is 1.31 bits per heavy atom. The van der Waals surface area contributed by atoms with Gasteiger partial charge in [0.05, 0.1) is 21.4 Å². The molecule has 1 aromatic carbocycles. The predicted molar refractivity (Wildman–Crippen MR) is 97.1 cm³/mol. The third-order valence-electron chi connectivity index (χ3n) is 3.97. The van der Waals surface area contributed by atoms with Crippen molar-refractivity contribution in [3.05, 3.63) is 45.2 Å². The van der Waals surface area contributed by atoms with E-state index in [1.807, 2.05) is 0 Å². The number of halogens is 4. The summed E-state index contributed by atoms with van der Waals surface area (Å²) in [6, 6.07) is 1.05. The zero-order valence-corrected chi connectivity index (χ0v) is 16.1. The highest BCUT2D eigenvalue weighted by Crippen LogP contribution is 2.47. The number of anilines is 1. The second-order valence-corrected chi connectivity index (χ2v) is 7.79. The molecule has 1 heterocycles. The van der Waals surface area contributed by atoms with Crippen LogP contribution in [-0.2, 0) is 11.2 Å². The summed E-state index contributed by atoms with van der Waals surface area (Å²) in [4.78, 5) is 17.5. The van der Waals surface area contributed by atoms with Gasteiger partial charge in [-0.15, -0.1) is 0 Å². The average molecular weight is 401 g/mol. The van der Waals surface area contributed by atoms with Crippen LogP contribution in [0.25, 0.3) is 11.1 Å². The van der Waals surface area contributed by atoms with Crippen LogP contribution in [0.15, 0.2) is 12.3 Å². The summed E-state index contributed by atoms with van der Waals surface area (Å²) in [6.07, 6.45) is 0.789. The normalized spacial score (nSPS) is 12.6. The second-order valence-electron chi connectivity index (χ2n) is 7.01. The maximum Gasteiger partial charge on any atom is 0.414 e. The summed E-state index contributed by atoms with van der Waals surface area (Å²) in [5.74, 6) is -2.23. The van der Waals surface area contributed by atoms with Gasteiger partial charge in [-0.3, -0.25) is 9.88 Å². The Labute approximate surface area is 159 Å². The van der Waals surface area contributed by atoms with Gasteiger partial charge in [0, 0.05) is 25.2 Å². The first kappa shape index (κ1) is 18.9. The topological polar surface area (TPSA) is 42.4 Å². The second kappa shape index (κ2) is 6.35. The first-order valence-corrected chi connectivity index (χ1v) is 8.57. The molecule has 0 spiro atoms. The van der Waals surface area contributed by atoms with Gasteiger partial charge in [0.15, 0.2) is 11.6 Å². The third-order valence-corrected chi connectivity index (χ3v) is 4.74. The molecular weight excluding hydrogens is 385 g/mol. The molecule has 8 heteroatoms. The minimum Gasteiger partial charge on any atom is -0.443 e. The van der Waals surface area contributed by atoms with Crippen LogP contribution in [-0.4, -0.2) is 23.7 Å². The van der Waals surface area contributed by atoms with Gasteiger partial charge in [-0.2, -0.15) is 0 Å². The molecular formula is C18H16Cl2F2N2O2. The molecule has 0 unspecified atom stereocenters. The van der Waals surface area contributed by atoms with E-state index in [9.17, 15) is 13.6 Å². The van der Waals surface area contributed by atoms with Crippen LogP contribution >= 0.6 is 23.2 Å². The van der Waals surface area contributed by atoms with Crippen molar-refractivity contribution in [2.75, 3.05) is 11.9 Å². The molecule has 4 nitrogen and oxygen atoms in total. The Morgan fingerprint density at radius 3 is 2.58 bits per heavy atom. The number of carbonyl (C=O) groups excluding carboxylic acids is 1. The number of hydrogen-bond donors (Lipinski definition) is 0. The number of benzene rings is 1. The van der Waals surface area contributed by atoms with Gasteiger partial charge in [0.2, 0.25) is 0 Å². The molecule has 0 saturated carbocycles. The van der Waals surface area contributed by atoms with Crippen molar-refractivity contribution < 1.29 is 18.3 Å². The third kappa shape index (κ3) is 3.12.